The van der Waals surface area contributed by atoms with Gasteiger partial charge in [0, 0.05) is 34.9 Å². The molecule has 0 radical (unpaired) electrons. The molecule has 0 fully saturated rings. The predicted molar refractivity (Wildman–Crippen MR) is 77.9 cm³/mol. The van der Waals surface area contributed by atoms with Crippen molar-refractivity contribution in [2.24, 2.45) is 0 Å². The minimum Gasteiger partial charge on any atom is -0.505 e. The van der Waals surface area contributed by atoms with E-state index in [2.05, 4.69) is 14.7 Å². The van der Waals surface area contributed by atoms with Crippen molar-refractivity contribution in [1.82, 2.24) is 9.97 Å². The molecule has 0 saturated heterocycles. The fraction of sp³-hybridized carbons (Fsp3) is 0.0625. The van der Waals surface area contributed by atoms with Gasteiger partial charge in [-0.25, -0.2) is 14.2 Å². The average Bonchev–Trinajstić information content (AvgIpc) is 2.55. The number of pyridine rings is 2. The highest BCUT2D eigenvalue weighted by atomic mass is 19.1. The third-order valence-corrected chi connectivity index (χ3v) is 3.32. The topological polar surface area (TPSA) is 72.3 Å². The summed E-state index contributed by atoms with van der Waals surface area (Å²) in [4.78, 5) is 19.6. The summed E-state index contributed by atoms with van der Waals surface area (Å²) in [7, 11) is 1.21. The third kappa shape index (κ3) is 2.24. The van der Waals surface area contributed by atoms with Crippen LogP contribution in [0.3, 0.4) is 0 Å². The van der Waals surface area contributed by atoms with E-state index in [1.54, 1.807) is 18.3 Å². The first-order chi connectivity index (χ1) is 10.6. The van der Waals surface area contributed by atoms with Crippen molar-refractivity contribution in [3.8, 4) is 16.9 Å². The smallest absolute Gasteiger partial charge is 0.360 e. The van der Waals surface area contributed by atoms with Crippen molar-refractivity contribution in [2.75, 3.05) is 7.11 Å². The van der Waals surface area contributed by atoms with Gasteiger partial charge in [0.25, 0.3) is 0 Å². The molecule has 0 bridgehead atoms. The molecular formula is C16H11FN2O3. The number of aromatic nitrogens is 2. The zero-order valence-electron chi connectivity index (χ0n) is 11.6. The number of halogens is 1. The maximum Gasteiger partial charge on any atom is 0.360 e. The quantitative estimate of drug-likeness (QED) is 0.736. The van der Waals surface area contributed by atoms with Gasteiger partial charge in [-0.15, -0.1) is 0 Å². The van der Waals surface area contributed by atoms with E-state index in [0.29, 0.717) is 16.3 Å². The summed E-state index contributed by atoms with van der Waals surface area (Å²) < 4.78 is 17.6. The summed E-state index contributed by atoms with van der Waals surface area (Å²) in [6.45, 7) is 0. The standard InChI is InChI=1S/C16H11FN2O3/c1-22-16(21)14-15(20)13-7-18-6-11(12(13)8-19-14)9-2-4-10(17)5-3-9/h2-8,20H,1H3. The van der Waals surface area contributed by atoms with E-state index < -0.39 is 5.97 Å². The molecule has 5 nitrogen and oxygen atoms in total. The molecule has 110 valence electrons. The Morgan fingerprint density at radius 3 is 2.55 bits per heavy atom. The Morgan fingerprint density at radius 1 is 1.14 bits per heavy atom. The minimum atomic E-state index is -0.730. The first-order valence-corrected chi connectivity index (χ1v) is 6.41. The molecule has 0 aliphatic carbocycles. The Kier molecular flexibility index (Phi) is 3.42. The summed E-state index contributed by atoms with van der Waals surface area (Å²) in [6, 6.07) is 5.89. The number of methoxy groups -OCH3 is 1. The molecule has 0 aliphatic heterocycles. The number of carbonyl (C=O) groups is 1. The maximum atomic E-state index is 13.0. The zero-order chi connectivity index (χ0) is 15.7. The normalized spacial score (nSPS) is 10.6. The Hall–Kier alpha value is -3.02. The number of hydrogen-bond donors (Lipinski definition) is 1. The van der Waals surface area contributed by atoms with Gasteiger partial charge in [-0.05, 0) is 17.7 Å². The molecule has 3 rings (SSSR count). The predicted octanol–water partition coefficient (Wildman–Crippen LogP) is 2.93. The van der Waals surface area contributed by atoms with Crippen molar-refractivity contribution < 1.29 is 19.0 Å². The van der Waals surface area contributed by atoms with Crippen molar-refractivity contribution in [1.29, 1.82) is 0 Å². The number of fused-ring (bicyclic) bond motifs is 1. The Labute approximate surface area is 125 Å². The van der Waals surface area contributed by atoms with Gasteiger partial charge < -0.3 is 9.84 Å². The van der Waals surface area contributed by atoms with E-state index in [0.717, 1.165) is 5.56 Å². The van der Waals surface area contributed by atoms with Gasteiger partial charge in [-0.2, -0.15) is 0 Å². The molecule has 1 aromatic carbocycles. The highest BCUT2D eigenvalue weighted by molar-refractivity contribution is 6.03. The number of esters is 1. The number of hydrogen-bond acceptors (Lipinski definition) is 5. The van der Waals surface area contributed by atoms with Crippen molar-refractivity contribution in [3.05, 3.63) is 54.4 Å². The fourth-order valence-electron chi connectivity index (χ4n) is 2.22. The van der Waals surface area contributed by atoms with Crippen LogP contribution >= 0.6 is 0 Å². The lowest BCUT2D eigenvalue weighted by Crippen LogP contribution is -2.04. The van der Waals surface area contributed by atoms with Crippen LogP contribution in [0.15, 0.2) is 42.9 Å². The van der Waals surface area contributed by atoms with Crippen LogP contribution in [0.25, 0.3) is 21.9 Å². The van der Waals surface area contributed by atoms with E-state index in [4.69, 9.17) is 0 Å². The zero-order valence-corrected chi connectivity index (χ0v) is 11.6. The highest BCUT2D eigenvalue weighted by Gasteiger charge is 2.18. The molecule has 0 spiro atoms. The van der Waals surface area contributed by atoms with E-state index in [-0.39, 0.29) is 17.3 Å². The van der Waals surface area contributed by atoms with Gasteiger partial charge in [0.2, 0.25) is 0 Å². The van der Waals surface area contributed by atoms with Gasteiger partial charge in [0.1, 0.15) is 5.82 Å². The summed E-state index contributed by atoms with van der Waals surface area (Å²) in [6.07, 6.45) is 4.49. The van der Waals surface area contributed by atoms with Crippen molar-refractivity contribution in [2.45, 2.75) is 0 Å². The second-order valence-corrected chi connectivity index (χ2v) is 4.60. The summed E-state index contributed by atoms with van der Waals surface area (Å²) in [5, 5.41) is 11.2. The SMILES string of the molecule is COC(=O)c1ncc2c(-c3ccc(F)cc3)cncc2c1O. The Balaban J connectivity index is 2.24. The molecule has 0 amide bonds. The number of aromatic hydroxyl groups is 1. The molecule has 1 N–H and O–H groups in total. The average molecular weight is 298 g/mol. The molecule has 6 heteroatoms. The molecule has 22 heavy (non-hydrogen) atoms. The van der Waals surface area contributed by atoms with Crippen molar-refractivity contribution in [3.63, 3.8) is 0 Å². The summed E-state index contributed by atoms with van der Waals surface area (Å²) in [5.41, 5.74) is 1.23. The van der Waals surface area contributed by atoms with Crippen LogP contribution < -0.4 is 0 Å². The maximum absolute atomic E-state index is 13.0. The van der Waals surface area contributed by atoms with Crippen LogP contribution in [0.2, 0.25) is 0 Å². The first-order valence-electron chi connectivity index (χ1n) is 6.41. The highest BCUT2D eigenvalue weighted by Crippen LogP contribution is 2.33. The number of carbonyl (C=O) groups excluding carboxylic acids is 1. The molecule has 0 atom stereocenters. The lowest BCUT2D eigenvalue weighted by Gasteiger charge is -2.09. The summed E-state index contributed by atoms with van der Waals surface area (Å²) >= 11 is 0. The largest absolute Gasteiger partial charge is 0.505 e. The molecule has 0 unspecified atom stereocenters. The molecule has 2 aromatic heterocycles. The van der Waals surface area contributed by atoms with Crippen LogP contribution in [-0.2, 0) is 4.74 Å². The second kappa shape index (κ2) is 5.40. The monoisotopic (exact) mass is 298 g/mol. The lowest BCUT2D eigenvalue weighted by atomic mass is 10.0. The van der Waals surface area contributed by atoms with E-state index in [1.165, 1.54) is 31.6 Å². The molecular weight excluding hydrogens is 287 g/mol. The van der Waals surface area contributed by atoms with Gasteiger partial charge in [-0.1, -0.05) is 12.1 Å². The Morgan fingerprint density at radius 2 is 1.86 bits per heavy atom. The molecule has 0 aliphatic rings. The number of nitrogens with zero attached hydrogens (tertiary/aromatic N) is 2. The number of benzene rings is 1. The van der Waals surface area contributed by atoms with Crippen LogP contribution in [0.1, 0.15) is 10.5 Å². The summed E-state index contributed by atoms with van der Waals surface area (Å²) in [5.74, 6) is -1.36. The van der Waals surface area contributed by atoms with Gasteiger partial charge >= 0.3 is 5.97 Å². The van der Waals surface area contributed by atoms with Gasteiger partial charge in [0.15, 0.2) is 11.4 Å². The minimum absolute atomic E-state index is 0.173. The Bertz CT molecular complexity index is 863. The van der Waals surface area contributed by atoms with Crippen molar-refractivity contribution >= 4 is 16.7 Å². The van der Waals surface area contributed by atoms with Gasteiger partial charge in [0.05, 0.1) is 7.11 Å². The number of ether oxygens (including phenoxy) is 1. The second-order valence-electron chi connectivity index (χ2n) is 4.60. The fourth-order valence-corrected chi connectivity index (χ4v) is 2.22. The van der Waals surface area contributed by atoms with Crippen LogP contribution in [-0.4, -0.2) is 28.2 Å². The van der Waals surface area contributed by atoms with Crippen LogP contribution in [0, 0.1) is 5.82 Å². The van der Waals surface area contributed by atoms with Gasteiger partial charge in [-0.3, -0.25) is 4.98 Å². The van der Waals surface area contributed by atoms with E-state index in [9.17, 15) is 14.3 Å². The molecule has 3 aromatic rings. The van der Waals surface area contributed by atoms with Crippen LogP contribution in [0.5, 0.6) is 5.75 Å². The van der Waals surface area contributed by atoms with E-state index >= 15 is 0 Å². The van der Waals surface area contributed by atoms with Crippen LogP contribution in [0.4, 0.5) is 4.39 Å². The lowest BCUT2D eigenvalue weighted by molar-refractivity contribution is 0.0591. The number of rotatable bonds is 2. The molecule has 2 heterocycles. The first kappa shape index (κ1) is 13.9. The van der Waals surface area contributed by atoms with E-state index in [1.807, 2.05) is 0 Å². The molecule has 0 saturated carbocycles. The third-order valence-electron chi connectivity index (χ3n) is 3.32.